The highest BCUT2D eigenvalue weighted by molar-refractivity contribution is 5.78. The van der Waals surface area contributed by atoms with Crippen molar-refractivity contribution in [3.05, 3.63) is 78.4 Å². The lowest BCUT2D eigenvalue weighted by Gasteiger charge is -2.23. The van der Waals surface area contributed by atoms with Gasteiger partial charge in [-0.3, -0.25) is 4.40 Å². The second-order valence-corrected chi connectivity index (χ2v) is 8.65. The standard InChI is InChI=1S/C26H28N6O/c1-18(2)16-22(19-6-4-3-5-7-19)25-31-30-24-17-20(9-13-32(24)25)23-8-12-27-26(29-23)28-21-10-14-33-15-11-21/h3-9,12-13,16-18,21H,10-11,14-15H2,1-2H3,(H,27,28,29)/b22-16-. The lowest BCUT2D eigenvalue weighted by molar-refractivity contribution is 0.0903. The number of hydrogen-bond donors (Lipinski definition) is 1. The number of fused-ring (bicyclic) bond motifs is 1. The number of allylic oxidation sites excluding steroid dienone is 1. The Hall–Kier alpha value is -3.58. The number of aromatic nitrogens is 5. The number of benzene rings is 1. The van der Waals surface area contributed by atoms with E-state index in [2.05, 4.69) is 58.6 Å². The Bertz CT molecular complexity index is 1260. The van der Waals surface area contributed by atoms with Gasteiger partial charge in [0.15, 0.2) is 11.5 Å². The molecule has 1 saturated heterocycles. The normalized spacial score (nSPS) is 15.3. The molecule has 1 aliphatic rings. The summed E-state index contributed by atoms with van der Waals surface area (Å²) in [6.45, 7) is 5.90. The molecular formula is C26H28N6O. The Morgan fingerprint density at radius 2 is 1.91 bits per heavy atom. The van der Waals surface area contributed by atoms with Gasteiger partial charge in [-0.05, 0) is 42.5 Å². The largest absolute Gasteiger partial charge is 0.381 e. The van der Waals surface area contributed by atoms with E-state index in [4.69, 9.17) is 9.72 Å². The number of anilines is 1. The maximum absolute atomic E-state index is 5.44. The van der Waals surface area contributed by atoms with Crippen molar-refractivity contribution in [2.45, 2.75) is 32.7 Å². The zero-order chi connectivity index (χ0) is 22.6. The van der Waals surface area contributed by atoms with Crippen LogP contribution in [0, 0.1) is 5.92 Å². The summed E-state index contributed by atoms with van der Waals surface area (Å²) in [5.41, 5.74) is 4.83. The Labute approximate surface area is 193 Å². The van der Waals surface area contributed by atoms with Crippen LogP contribution >= 0.6 is 0 Å². The number of rotatable bonds is 6. The van der Waals surface area contributed by atoms with E-state index < -0.39 is 0 Å². The van der Waals surface area contributed by atoms with Gasteiger partial charge in [-0.15, -0.1) is 10.2 Å². The number of nitrogens with one attached hydrogen (secondary N) is 1. The molecule has 4 heterocycles. The molecule has 33 heavy (non-hydrogen) atoms. The second-order valence-electron chi connectivity index (χ2n) is 8.65. The van der Waals surface area contributed by atoms with Crippen molar-refractivity contribution in [1.29, 1.82) is 0 Å². The van der Waals surface area contributed by atoms with Crippen LogP contribution in [0.15, 0.2) is 67.0 Å². The minimum atomic E-state index is 0.347. The Morgan fingerprint density at radius 1 is 1.09 bits per heavy atom. The molecule has 1 aromatic carbocycles. The van der Waals surface area contributed by atoms with E-state index in [9.17, 15) is 0 Å². The van der Waals surface area contributed by atoms with Crippen LogP contribution in [0.5, 0.6) is 0 Å². The number of pyridine rings is 1. The molecule has 1 fully saturated rings. The van der Waals surface area contributed by atoms with E-state index >= 15 is 0 Å². The molecule has 1 N–H and O–H groups in total. The molecule has 168 valence electrons. The summed E-state index contributed by atoms with van der Waals surface area (Å²) >= 11 is 0. The third-order valence-corrected chi connectivity index (χ3v) is 5.74. The van der Waals surface area contributed by atoms with Gasteiger partial charge in [0.25, 0.3) is 0 Å². The first-order valence-corrected chi connectivity index (χ1v) is 11.5. The Morgan fingerprint density at radius 3 is 2.70 bits per heavy atom. The van der Waals surface area contributed by atoms with Gasteiger partial charge in [-0.2, -0.15) is 0 Å². The molecule has 1 aliphatic heterocycles. The summed E-state index contributed by atoms with van der Waals surface area (Å²) < 4.78 is 7.47. The summed E-state index contributed by atoms with van der Waals surface area (Å²) in [7, 11) is 0. The maximum Gasteiger partial charge on any atom is 0.223 e. The van der Waals surface area contributed by atoms with Crippen molar-refractivity contribution in [3.63, 3.8) is 0 Å². The van der Waals surface area contributed by atoms with Crippen molar-refractivity contribution in [1.82, 2.24) is 24.6 Å². The van der Waals surface area contributed by atoms with Crippen LogP contribution in [0.2, 0.25) is 0 Å². The number of hydrogen-bond acceptors (Lipinski definition) is 6. The molecule has 0 spiro atoms. The molecule has 7 heteroatoms. The SMILES string of the molecule is CC(C)/C=C(/c1ccccc1)c1nnc2cc(-c3ccnc(NC4CCOCC4)n3)ccn12. The van der Waals surface area contributed by atoms with Crippen LogP contribution in [0.1, 0.15) is 38.1 Å². The highest BCUT2D eigenvalue weighted by Crippen LogP contribution is 2.26. The zero-order valence-electron chi connectivity index (χ0n) is 19.0. The van der Waals surface area contributed by atoms with E-state index in [1.807, 2.05) is 40.9 Å². The molecule has 0 unspecified atom stereocenters. The summed E-state index contributed by atoms with van der Waals surface area (Å²) in [6, 6.07) is 16.7. The van der Waals surface area contributed by atoms with E-state index in [0.29, 0.717) is 17.9 Å². The average molecular weight is 441 g/mol. The van der Waals surface area contributed by atoms with Crippen LogP contribution in [0.25, 0.3) is 22.5 Å². The third-order valence-electron chi connectivity index (χ3n) is 5.74. The molecule has 0 saturated carbocycles. The molecule has 0 atom stereocenters. The van der Waals surface area contributed by atoms with Crippen LogP contribution < -0.4 is 5.32 Å². The van der Waals surface area contributed by atoms with Gasteiger partial charge in [0.05, 0.1) is 5.69 Å². The predicted molar refractivity (Wildman–Crippen MR) is 130 cm³/mol. The first-order valence-electron chi connectivity index (χ1n) is 11.5. The summed E-state index contributed by atoms with van der Waals surface area (Å²) in [4.78, 5) is 9.15. The van der Waals surface area contributed by atoms with Gasteiger partial charge in [-0.1, -0.05) is 50.3 Å². The molecule has 4 aromatic rings. The smallest absolute Gasteiger partial charge is 0.223 e. The highest BCUT2D eigenvalue weighted by Gasteiger charge is 2.16. The van der Waals surface area contributed by atoms with Crippen molar-refractivity contribution in [3.8, 4) is 11.3 Å². The Balaban J connectivity index is 1.46. The van der Waals surface area contributed by atoms with Crippen LogP contribution in [-0.2, 0) is 4.74 Å². The molecule has 7 nitrogen and oxygen atoms in total. The fraction of sp³-hybridized carbons (Fsp3) is 0.308. The fourth-order valence-electron chi connectivity index (χ4n) is 4.10. The van der Waals surface area contributed by atoms with Gasteiger partial charge >= 0.3 is 0 Å². The molecule has 0 bridgehead atoms. The monoisotopic (exact) mass is 440 g/mol. The Kier molecular flexibility index (Phi) is 6.13. The van der Waals surface area contributed by atoms with E-state index in [1.165, 1.54) is 0 Å². The molecule has 0 amide bonds. The van der Waals surface area contributed by atoms with Crippen LogP contribution in [-0.4, -0.2) is 43.8 Å². The molecule has 0 radical (unpaired) electrons. The predicted octanol–water partition coefficient (Wildman–Crippen LogP) is 4.86. The zero-order valence-corrected chi connectivity index (χ0v) is 19.0. The van der Waals surface area contributed by atoms with Crippen LogP contribution in [0.4, 0.5) is 5.95 Å². The summed E-state index contributed by atoms with van der Waals surface area (Å²) in [5, 5.41) is 12.5. The summed E-state index contributed by atoms with van der Waals surface area (Å²) in [5.74, 6) is 1.86. The van der Waals surface area contributed by atoms with Crippen molar-refractivity contribution in [2.24, 2.45) is 5.92 Å². The summed E-state index contributed by atoms with van der Waals surface area (Å²) in [6.07, 6.45) is 7.98. The van der Waals surface area contributed by atoms with E-state index in [1.54, 1.807) is 6.20 Å². The second kappa shape index (κ2) is 9.50. The lowest BCUT2D eigenvalue weighted by Crippen LogP contribution is -2.28. The third kappa shape index (κ3) is 4.78. The van der Waals surface area contributed by atoms with Gasteiger partial charge in [0.1, 0.15) is 0 Å². The quantitative estimate of drug-likeness (QED) is 0.461. The molecule has 5 rings (SSSR count). The minimum Gasteiger partial charge on any atom is -0.381 e. The van der Waals surface area contributed by atoms with E-state index in [0.717, 1.165) is 59.9 Å². The average Bonchev–Trinajstić information content (AvgIpc) is 3.27. The molecule has 3 aromatic heterocycles. The molecule has 0 aliphatic carbocycles. The van der Waals surface area contributed by atoms with Crippen LogP contribution in [0.3, 0.4) is 0 Å². The topological polar surface area (TPSA) is 77.2 Å². The fourth-order valence-corrected chi connectivity index (χ4v) is 4.10. The highest BCUT2D eigenvalue weighted by atomic mass is 16.5. The maximum atomic E-state index is 5.44. The van der Waals surface area contributed by atoms with Gasteiger partial charge in [0.2, 0.25) is 5.95 Å². The van der Waals surface area contributed by atoms with Gasteiger partial charge in [0, 0.05) is 42.8 Å². The number of ether oxygens (including phenoxy) is 1. The molecular weight excluding hydrogens is 412 g/mol. The van der Waals surface area contributed by atoms with Gasteiger partial charge in [-0.25, -0.2) is 9.97 Å². The van der Waals surface area contributed by atoms with Crippen molar-refractivity contribution in [2.75, 3.05) is 18.5 Å². The van der Waals surface area contributed by atoms with Crippen molar-refractivity contribution < 1.29 is 4.74 Å². The number of nitrogens with zero attached hydrogens (tertiary/aromatic N) is 5. The first-order chi connectivity index (χ1) is 16.2. The first kappa shape index (κ1) is 21.3. The van der Waals surface area contributed by atoms with Crippen molar-refractivity contribution >= 4 is 17.2 Å². The van der Waals surface area contributed by atoms with Gasteiger partial charge < -0.3 is 10.1 Å². The van der Waals surface area contributed by atoms with E-state index in [-0.39, 0.29) is 0 Å². The minimum absolute atomic E-state index is 0.347. The lowest BCUT2D eigenvalue weighted by atomic mass is 10.0.